The third kappa shape index (κ3) is 4.95. The van der Waals surface area contributed by atoms with E-state index in [9.17, 15) is 0 Å². The van der Waals surface area contributed by atoms with Gasteiger partial charge in [-0.3, -0.25) is 4.90 Å². The number of tetrazole rings is 1. The normalized spacial score (nSPS) is 15.4. The maximum absolute atomic E-state index is 5.58. The van der Waals surface area contributed by atoms with E-state index in [1.807, 2.05) is 35.0 Å². The van der Waals surface area contributed by atoms with Crippen molar-refractivity contribution in [2.45, 2.75) is 19.0 Å². The van der Waals surface area contributed by atoms with Gasteiger partial charge in [-0.2, -0.15) is 0 Å². The van der Waals surface area contributed by atoms with Crippen molar-refractivity contribution in [2.24, 2.45) is 0 Å². The summed E-state index contributed by atoms with van der Waals surface area (Å²) in [6.07, 6.45) is 0.767. The molecule has 33 heavy (non-hydrogen) atoms. The molecule has 0 saturated carbocycles. The van der Waals surface area contributed by atoms with Crippen LogP contribution in [0.15, 0.2) is 60.0 Å². The SMILES string of the molecule is COc1ccc(-c2csc(CCn3nnnc3C(c3ccccc3)N3CCOCC3)n2)cc1. The van der Waals surface area contributed by atoms with Gasteiger partial charge in [0.1, 0.15) is 5.75 Å². The summed E-state index contributed by atoms with van der Waals surface area (Å²) in [5, 5.41) is 15.9. The van der Waals surface area contributed by atoms with E-state index >= 15 is 0 Å². The van der Waals surface area contributed by atoms with Crippen molar-refractivity contribution in [1.82, 2.24) is 30.1 Å². The number of nitrogens with zero attached hydrogens (tertiary/aromatic N) is 6. The Morgan fingerprint density at radius 2 is 1.85 bits per heavy atom. The molecule has 0 radical (unpaired) electrons. The van der Waals surface area contributed by atoms with Gasteiger partial charge in [0, 0.05) is 30.5 Å². The fourth-order valence-corrected chi connectivity index (χ4v) is 4.88. The number of hydrogen-bond donors (Lipinski definition) is 0. The van der Waals surface area contributed by atoms with E-state index in [1.165, 1.54) is 5.56 Å². The molecule has 1 atom stereocenters. The van der Waals surface area contributed by atoms with E-state index < -0.39 is 0 Å². The second-order valence-corrected chi connectivity index (χ2v) is 8.77. The third-order valence-electron chi connectivity index (χ3n) is 5.81. The first-order valence-electron chi connectivity index (χ1n) is 11.0. The highest BCUT2D eigenvalue weighted by Gasteiger charge is 2.29. The molecule has 0 N–H and O–H groups in total. The van der Waals surface area contributed by atoms with Crippen molar-refractivity contribution in [2.75, 3.05) is 33.4 Å². The standard InChI is InChI=1S/C24H26N6O2S/c1-31-20-9-7-18(8-10-20)21-17-33-22(25-21)11-12-30-24(26-27-28-30)23(19-5-3-2-4-6-19)29-13-15-32-16-14-29/h2-10,17,23H,11-16H2,1H3. The summed E-state index contributed by atoms with van der Waals surface area (Å²) in [7, 11) is 1.67. The highest BCUT2D eigenvalue weighted by molar-refractivity contribution is 7.09. The van der Waals surface area contributed by atoms with Gasteiger partial charge in [0.2, 0.25) is 0 Å². The molecule has 0 aliphatic carbocycles. The maximum atomic E-state index is 5.58. The Morgan fingerprint density at radius 3 is 2.61 bits per heavy atom. The van der Waals surface area contributed by atoms with Crippen LogP contribution >= 0.6 is 11.3 Å². The minimum atomic E-state index is -0.00347. The van der Waals surface area contributed by atoms with E-state index in [2.05, 4.69) is 50.1 Å². The lowest BCUT2D eigenvalue weighted by molar-refractivity contribution is 0.0216. The van der Waals surface area contributed by atoms with Crippen LogP contribution in [0.5, 0.6) is 5.75 Å². The number of hydrogen-bond acceptors (Lipinski definition) is 8. The number of rotatable bonds is 8. The van der Waals surface area contributed by atoms with Crippen LogP contribution in [0.25, 0.3) is 11.3 Å². The maximum Gasteiger partial charge on any atom is 0.173 e. The van der Waals surface area contributed by atoms with Crippen molar-refractivity contribution in [3.05, 3.63) is 76.4 Å². The highest BCUT2D eigenvalue weighted by atomic mass is 32.1. The molecule has 9 heteroatoms. The summed E-state index contributed by atoms with van der Waals surface area (Å²) in [6.45, 7) is 3.82. The highest BCUT2D eigenvalue weighted by Crippen LogP contribution is 2.28. The Kier molecular flexibility index (Phi) is 6.71. The van der Waals surface area contributed by atoms with Gasteiger partial charge in [-0.1, -0.05) is 30.3 Å². The van der Waals surface area contributed by atoms with Crippen LogP contribution < -0.4 is 4.74 Å². The number of benzene rings is 2. The van der Waals surface area contributed by atoms with E-state index in [1.54, 1.807) is 18.4 Å². The molecule has 1 aliphatic rings. The number of morpholine rings is 1. The van der Waals surface area contributed by atoms with Crippen LogP contribution in [0.4, 0.5) is 0 Å². The first kappa shape index (κ1) is 21.7. The molecule has 5 rings (SSSR count). The van der Waals surface area contributed by atoms with Crippen LogP contribution in [-0.2, 0) is 17.7 Å². The lowest BCUT2D eigenvalue weighted by atomic mass is 10.0. The zero-order valence-corrected chi connectivity index (χ0v) is 19.3. The van der Waals surface area contributed by atoms with Gasteiger partial charge in [-0.25, -0.2) is 9.67 Å². The first-order chi connectivity index (χ1) is 16.3. The van der Waals surface area contributed by atoms with Crippen molar-refractivity contribution in [3.63, 3.8) is 0 Å². The summed E-state index contributed by atoms with van der Waals surface area (Å²) in [6, 6.07) is 18.4. The Labute approximate surface area is 196 Å². The molecule has 4 aromatic rings. The molecule has 1 saturated heterocycles. The average molecular weight is 463 g/mol. The minimum absolute atomic E-state index is 0.00347. The molecule has 1 aliphatic heterocycles. The van der Waals surface area contributed by atoms with Crippen LogP contribution in [0.3, 0.4) is 0 Å². The van der Waals surface area contributed by atoms with Gasteiger partial charge < -0.3 is 9.47 Å². The van der Waals surface area contributed by atoms with E-state index in [0.717, 1.165) is 60.6 Å². The molecule has 2 aromatic heterocycles. The number of aromatic nitrogens is 5. The Bertz CT molecular complexity index is 1160. The number of ether oxygens (including phenoxy) is 2. The van der Waals surface area contributed by atoms with Gasteiger partial charge in [0.05, 0.1) is 43.6 Å². The van der Waals surface area contributed by atoms with Crippen molar-refractivity contribution < 1.29 is 9.47 Å². The van der Waals surface area contributed by atoms with E-state index in [-0.39, 0.29) is 6.04 Å². The van der Waals surface area contributed by atoms with Gasteiger partial charge in [0.15, 0.2) is 5.82 Å². The topological polar surface area (TPSA) is 78.2 Å². The Balaban J connectivity index is 1.33. The van der Waals surface area contributed by atoms with Crippen LogP contribution in [0.2, 0.25) is 0 Å². The zero-order valence-electron chi connectivity index (χ0n) is 18.5. The van der Waals surface area contributed by atoms with Crippen LogP contribution in [0.1, 0.15) is 22.4 Å². The van der Waals surface area contributed by atoms with Gasteiger partial charge in [-0.05, 0) is 40.3 Å². The molecule has 0 spiro atoms. The van der Waals surface area contributed by atoms with Gasteiger partial charge in [-0.15, -0.1) is 16.4 Å². The second kappa shape index (κ2) is 10.2. The quantitative estimate of drug-likeness (QED) is 0.397. The van der Waals surface area contributed by atoms with Gasteiger partial charge in [0.25, 0.3) is 0 Å². The monoisotopic (exact) mass is 462 g/mol. The van der Waals surface area contributed by atoms with Crippen molar-refractivity contribution >= 4 is 11.3 Å². The molecule has 1 unspecified atom stereocenters. The minimum Gasteiger partial charge on any atom is -0.497 e. The fourth-order valence-electron chi connectivity index (χ4n) is 4.08. The van der Waals surface area contributed by atoms with Crippen LogP contribution in [0, 0.1) is 0 Å². The predicted molar refractivity (Wildman–Crippen MR) is 126 cm³/mol. The molecule has 1 fully saturated rings. The number of thiazole rings is 1. The predicted octanol–water partition coefficient (Wildman–Crippen LogP) is 3.47. The number of methoxy groups -OCH3 is 1. The zero-order chi connectivity index (χ0) is 22.5. The molecule has 3 heterocycles. The first-order valence-corrected chi connectivity index (χ1v) is 11.9. The summed E-state index contributed by atoms with van der Waals surface area (Å²) in [5.41, 5.74) is 3.24. The second-order valence-electron chi connectivity index (χ2n) is 7.83. The molecule has 2 aromatic carbocycles. The molecule has 8 nitrogen and oxygen atoms in total. The van der Waals surface area contributed by atoms with E-state index in [4.69, 9.17) is 14.5 Å². The summed E-state index contributed by atoms with van der Waals surface area (Å²) >= 11 is 1.66. The Hall–Kier alpha value is -3.14. The largest absolute Gasteiger partial charge is 0.497 e. The third-order valence-corrected chi connectivity index (χ3v) is 6.71. The summed E-state index contributed by atoms with van der Waals surface area (Å²) < 4.78 is 12.7. The average Bonchev–Trinajstić information content (AvgIpc) is 3.54. The smallest absolute Gasteiger partial charge is 0.173 e. The van der Waals surface area contributed by atoms with Crippen molar-refractivity contribution in [3.8, 4) is 17.0 Å². The number of aryl methyl sites for hydroxylation is 2. The van der Waals surface area contributed by atoms with E-state index in [0.29, 0.717) is 6.54 Å². The van der Waals surface area contributed by atoms with Crippen molar-refractivity contribution in [1.29, 1.82) is 0 Å². The van der Waals surface area contributed by atoms with Crippen LogP contribution in [-0.4, -0.2) is 63.5 Å². The Morgan fingerprint density at radius 1 is 1.06 bits per heavy atom. The van der Waals surface area contributed by atoms with Gasteiger partial charge >= 0.3 is 0 Å². The molecule has 0 bridgehead atoms. The molecular formula is C24H26N6O2S. The molecule has 0 amide bonds. The lowest BCUT2D eigenvalue weighted by Gasteiger charge is -2.33. The summed E-state index contributed by atoms with van der Waals surface area (Å²) in [5.74, 6) is 1.70. The lowest BCUT2D eigenvalue weighted by Crippen LogP contribution is -2.40. The molecule has 170 valence electrons. The summed E-state index contributed by atoms with van der Waals surface area (Å²) in [4.78, 5) is 7.22. The fraction of sp³-hybridized carbons (Fsp3) is 0.333. The molecular weight excluding hydrogens is 436 g/mol.